The molecule has 3 aromatic heterocycles. The van der Waals surface area contributed by atoms with E-state index in [2.05, 4.69) is 26.3 Å². The molecule has 1 aromatic carbocycles. The maximum Gasteiger partial charge on any atom is 0.254 e. The van der Waals surface area contributed by atoms with Crippen molar-refractivity contribution in [3.63, 3.8) is 0 Å². The van der Waals surface area contributed by atoms with E-state index >= 15 is 0 Å². The van der Waals surface area contributed by atoms with E-state index in [1.807, 2.05) is 36.5 Å². The summed E-state index contributed by atoms with van der Waals surface area (Å²) >= 11 is 0. The summed E-state index contributed by atoms with van der Waals surface area (Å²) in [6.45, 7) is 1.71. The first-order chi connectivity index (χ1) is 17.0. The Hall–Kier alpha value is -3.39. The highest BCUT2D eigenvalue weighted by Crippen LogP contribution is 2.40. The van der Waals surface area contributed by atoms with Crippen LogP contribution in [0.3, 0.4) is 0 Å². The number of carbonyl (C=O) groups excluding carboxylic acids is 1. The average Bonchev–Trinajstić information content (AvgIpc) is 3.27. The molecule has 2 aliphatic carbocycles. The number of rotatable bonds is 5. The Morgan fingerprint density at radius 3 is 2.77 bits per heavy atom. The fourth-order valence-corrected chi connectivity index (χ4v) is 6.31. The Balaban J connectivity index is 1.35. The van der Waals surface area contributed by atoms with E-state index in [1.54, 1.807) is 7.11 Å². The number of fused-ring (bicyclic) bond motifs is 4. The SMILES string of the molecule is COc1cc(C(=O)N2C[C@H]3CC[C@@H]2C3N)cc2nc(-c3cc4ccncc4n3CC3CC3)n(C)c12. The minimum absolute atomic E-state index is 0.0222. The minimum Gasteiger partial charge on any atom is -0.494 e. The minimum atomic E-state index is 0.0222. The molecule has 2 saturated carbocycles. The van der Waals surface area contributed by atoms with Crippen molar-refractivity contribution in [3.8, 4) is 17.3 Å². The molecule has 4 heterocycles. The summed E-state index contributed by atoms with van der Waals surface area (Å²) in [5, 5.41) is 1.16. The third-order valence-electron chi connectivity index (χ3n) is 8.39. The van der Waals surface area contributed by atoms with Crippen LogP contribution in [-0.2, 0) is 13.6 Å². The second-order valence-corrected chi connectivity index (χ2v) is 10.5. The molecule has 2 N–H and O–H groups in total. The molecule has 180 valence electrons. The second kappa shape index (κ2) is 7.55. The topological polar surface area (TPSA) is 91.2 Å². The highest BCUT2D eigenvalue weighted by Gasteiger charge is 2.47. The molecular formula is C27H30N6O2. The zero-order valence-corrected chi connectivity index (χ0v) is 20.1. The largest absolute Gasteiger partial charge is 0.494 e. The highest BCUT2D eigenvalue weighted by atomic mass is 16.5. The second-order valence-electron chi connectivity index (χ2n) is 10.5. The highest BCUT2D eigenvalue weighted by molar-refractivity contribution is 6.00. The van der Waals surface area contributed by atoms with Gasteiger partial charge in [0.25, 0.3) is 5.91 Å². The number of amides is 1. The molecule has 0 spiro atoms. The number of ether oxygens (including phenoxy) is 1. The van der Waals surface area contributed by atoms with Crippen LogP contribution in [0.2, 0.25) is 0 Å². The van der Waals surface area contributed by atoms with Crippen molar-refractivity contribution < 1.29 is 9.53 Å². The number of carbonyl (C=O) groups is 1. The van der Waals surface area contributed by atoms with Gasteiger partial charge in [-0.3, -0.25) is 9.78 Å². The van der Waals surface area contributed by atoms with Crippen molar-refractivity contribution in [2.45, 2.75) is 44.3 Å². The number of nitrogens with zero attached hydrogens (tertiary/aromatic N) is 5. The number of imidazole rings is 1. The number of methoxy groups -OCH3 is 1. The van der Waals surface area contributed by atoms with Crippen LogP contribution in [-0.4, -0.2) is 55.6 Å². The molecule has 1 unspecified atom stereocenters. The predicted molar refractivity (Wildman–Crippen MR) is 134 cm³/mol. The van der Waals surface area contributed by atoms with E-state index in [9.17, 15) is 4.79 Å². The number of hydrogen-bond donors (Lipinski definition) is 1. The van der Waals surface area contributed by atoms with E-state index in [-0.39, 0.29) is 18.0 Å². The number of nitrogens with two attached hydrogens (primary N) is 1. The van der Waals surface area contributed by atoms with Crippen LogP contribution in [0.5, 0.6) is 5.75 Å². The standard InChI is InChI=1S/C27H30N6O2/c1-31-25-19(9-18(11-23(25)35-2)27(34)33-14-17-5-6-20(33)24(17)28)30-26(31)21-10-16-7-8-29-12-22(16)32(21)13-15-3-4-15/h7-12,15,17,20,24H,3-6,13-14,28H2,1-2H3/t17-,20-,24?/m1/s1. The Labute approximate surface area is 203 Å². The molecule has 1 amide bonds. The first-order valence-electron chi connectivity index (χ1n) is 12.6. The first-order valence-corrected chi connectivity index (χ1v) is 12.6. The van der Waals surface area contributed by atoms with Crippen LogP contribution in [0.25, 0.3) is 33.5 Å². The van der Waals surface area contributed by atoms with Crippen molar-refractivity contribution in [1.29, 1.82) is 0 Å². The third-order valence-corrected chi connectivity index (χ3v) is 8.39. The monoisotopic (exact) mass is 470 g/mol. The molecule has 8 heteroatoms. The summed E-state index contributed by atoms with van der Waals surface area (Å²) in [6.07, 6.45) is 8.42. The van der Waals surface area contributed by atoms with Crippen molar-refractivity contribution in [1.82, 2.24) is 24.0 Å². The summed E-state index contributed by atoms with van der Waals surface area (Å²) in [4.78, 5) is 24.9. The summed E-state index contributed by atoms with van der Waals surface area (Å²) in [5.41, 5.74) is 10.8. The van der Waals surface area contributed by atoms with Crippen LogP contribution in [0.1, 0.15) is 36.0 Å². The number of aromatic nitrogens is 4. The van der Waals surface area contributed by atoms with Crippen molar-refractivity contribution in [2.24, 2.45) is 24.6 Å². The lowest BCUT2D eigenvalue weighted by Gasteiger charge is -2.27. The normalized spacial score (nSPS) is 23.6. The Morgan fingerprint density at radius 1 is 1.20 bits per heavy atom. The van der Waals surface area contributed by atoms with Gasteiger partial charge >= 0.3 is 0 Å². The van der Waals surface area contributed by atoms with Gasteiger partial charge in [-0.15, -0.1) is 0 Å². The summed E-state index contributed by atoms with van der Waals surface area (Å²) in [7, 11) is 3.67. The van der Waals surface area contributed by atoms with Gasteiger partial charge in [0.1, 0.15) is 11.3 Å². The lowest BCUT2D eigenvalue weighted by Crippen LogP contribution is -2.41. The first kappa shape index (κ1) is 20.9. The van der Waals surface area contributed by atoms with E-state index in [1.165, 1.54) is 12.8 Å². The maximum absolute atomic E-state index is 13.5. The van der Waals surface area contributed by atoms with Crippen LogP contribution >= 0.6 is 0 Å². The molecule has 7 rings (SSSR count). The number of benzene rings is 1. The van der Waals surface area contributed by atoms with Crippen molar-refractivity contribution in [3.05, 3.63) is 42.2 Å². The van der Waals surface area contributed by atoms with Gasteiger partial charge in [-0.1, -0.05) is 0 Å². The van der Waals surface area contributed by atoms with E-state index in [0.717, 1.165) is 59.4 Å². The van der Waals surface area contributed by atoms with Gasteiger partial charge in [0.05, 0.1) is 30.0 Å². The van der Waals surface area contributed by atoms with E-state index < -0.39 is 0 Å². The molecule has 35 heavy (non-hydrogen) atoms. The molecule has 4 aromatic rings. The fourth-order valence-electron chi connectivity index (χ4n) is 6.31. The third kappa shape index (κ3) is 3.12. The Kier molecular flexibility index (Phi) is 4.52. The number of pyridine rings is 1. The Morgan fingerprint density at radius 2 is 2.06 bits per heavy atom. The lowest BCUT2D eigenvalue weighted by atomic mass is 10.1. The van der Waals surface area contributed by atoms with Gasteiger partial charge in [-0.2, -0.15) is 0 Å². The Bertz CT molecular complexity index is 1480. The van der Waals surface area contributed by atoms with Gasteiger partial charge in [0, 0.05) is 49.4 Å². The summed E-state index contributed by atoms with van der Waals surface area (Å²) < 4.78 is 10.2. The van der Waals surface area contributed by atoms with Crippen LogP contribution < -0.4 is 10.5 Å². The van der Waals surface area contributed by atoms with Gasteiger partial charge in [-0.25, -0.2) is 4.98 Å². The smallest absolute Gasteiger partial charge is 0.254 e. The number of likely N-dealkylation sites (tertiary alicyclic amines) is 1. The number of aryl methyl sites for hydroxylation is 1. The molecule has 3 aliphatic rings. The molecule has 2 bridgehead atoms. The summed E-state index contributed by atoms with van der Waals surface area (Å²) in [6, 6.07) is 8.25. The van der Waals surface area contributed by atoms with Gasteiger partial charge in [0.15, 0.2) is 5.82 Å². The molecular weight excluding hydrogens is 440 g/mol. The van der Waals surface area contributed by atoms with Crippen molar-refractivity contribution in [2.75, 3.05) is 13.7 Å². The van der Waals surface area contributed by atoms with Crippen LogP contribution in [0, 0.1) is 11.8 Å². The van der Waals surface area contributed by atoms with Crippen LogP contribution in [0.15, 0.2) is 36.7 Å². The fraction of sp³-hybridized carbons (Fsp3) is 0.444. The lowest BCUT2D eigenvalue weighted by molar-refractivity contribution is 0.0700. The van der Waals surface area contributed by atoms with Gasteiger partial charge < -0.3 is 24.5 Å². The molecule has 3 atom stereocenters. The molecule has 0 radical (unpaired) electrons. The number of hydrogen-bond acceptors (Lipinski definition) is 5. The predicted octanol–water partition coefficient (Wildman–Crippen LogP) is 3.57. The van der Waals surface area contributed by atoms with Gasteiger partial charge in [0.2, 0.25) is 0 Å². The van der Waals surface area contributed by atoms with E-state index in [4.69, 9.17) is 15.5 Å². The zero-order valence-electron chi connectivity index (χ0n) is 20.1. The summed E-state index contributed by atoms with van der Waals surface area (Å²) in [5.74, 6) is 2.67. The van der Waals surface area contributed by atoms with Gasteiger partial charge in [-0.05, 0) is 61.8 Å². The quantitative estimate of drug-likeness (QED) is 0.482. The maximum atomic E-state index is 13.5. The van der Waals surface area contributed by atoms with Crippen LogP contribution in [0.4, 0.5) is 0 Å². The molecule has 1 saturated heterocycles. The van der Waals surface area contributed by atoms with E-state index in [0.29, 0.717) is 23.1 Å². The number of piperidine rings is 1. The molecule has 8 nitrogen and oxygen atoms in total. The molecule has 1 aliphatic heterocycles. The molecule has 3 fully saturated rings. The zero-order chi connectivity index (χ0) is 23.8. The average molecular weight is 471 g/mol. The van der Waals surface area contributed by atoms with Crippen molar-refractivity contribution >= 4 is 27.8 Å².